The molecule has 2 aliphatic rings. The van der Waals surface area contributed by atoms with Crippen LogP contribution in [0, 0.1) is 13.1 Å². The fourth-order valence-electron chi connectivity index (χ4n) is 8.53. The number of anilines is 3. The summed E-state index contributed by atoms with van der Waals surface area (Å²) in [5.41, 5.74) is 14.8. The molecule has 2 heterocycles. The summed E-state index contributed by atoms with van der Waals surface area (Å²) in [5.74, 6) is 0. The molecule has 0 radical (unpaired) electrons. The van der Waals surface area contributed by atoms with Crippen molar-refractivity contribution in [2.75, 3.05) is 4.90 Å². The molecule has 10 rings (SSSR count). The van der Waals surface area contributed by atoms with Gasteiger partial charge in [-0.05, 0) is 98.8 Å². The van der Waals surface area contributed by atoms with Crippen LogP contribution in [0.4, 0.5) is 28.4 Å². The maximum Gasteiger partial charge on any atom is 0.188 e. The summed E-state index contributed by atoms with van der Waals surface area (Å²) in [6.07, 6.45) is 0. The van der Waals surface area contributed by atoms with Crippen molar-refractivity contribution < 1.29 is 0 Å². The first kappa shape index (κ1) is 27.3. The number of hydrogen-bond donors (Lipinski definition) is 0. The van der Waals surface area contributed by atoms with Gasteiger partial charge in [-0.25, -0.2) is 9.69 Å². The zero-order valence-electron chi connectivity index (χ0n) is 26.3. The Kier molecular flexibility index (Phi) is 5.59. The number of aromatic nitrogens is 1. The van der Waals surface area contributed by atoms with E-state index in [1.165, 1.54) is 33.4 Å². The van der Waals surface area contributed by atoms with Crippen LogP contribution in [0.3, 0.4) is 0 Å². The predicted octanol–water partition coefficient (Wildman–Crippen LogP) is 12.0. The van der Waals surface area contributed by atoms with Crippen molar-refractivity contribution in [1.82, 2.24) is 4.57 Å². The summed E-state index contributed by atoms with van der Waals surface area (Å²) in [7, 11) is 0. The van der Waals surface area contributed by atoms with E-state index >= 15 is 0 Å². The van der Waals surface area contributed by atoms with Crippen LogP contribution < -0.4 is 4.90 Å². The summed E-state index contributed by atoms with van der Waals surface area (Å²) in [4.78, 5) is 9.81. The van der Waals surface area contributed by atoms with Gasteiger partial charge in [0.05, 0.1) is 41.0 Å². The van der Waals surface area contributed by atoms with Crippen LogP contribution in [-0.2, 0) is 5.41 Å². The lowest BCUT2D eigenvalue weighted by atomic mass is 9.64. The van der Waals surface area contributed by atoms with Gasteiger partial charge in [0.15, 0.2) is 11.4 Å². The number of benzene rings is 7. The standard InChI is InChI=1S/C45H26N4/c1-46-29-22-24-41-35(26-29)36-27-30(47-2)23-25-42(36)48(41)31-12-11-13-32(28-31)49-43-20-9-7-18-39(43)45(40-19-8-10-21-44(40)49)37-16-5-3-14-33(37)34-15-4-6-17-38(34)45/h3-28H. The second kappa shape index (κ2) is 10.1. The van der Waals surface area contributed by atoms with Crippen LogP contribution in [0.5, 0.6) is 0 Å². The molecule has 1 aromatic heterocycles. The Hall–Kier alpha value is -6.88. The SMILES string of the molecule is [C-]#[N+]c1ccc2c(c1)c1cc([N+]#[C-])ccc1n2-c1cccc(N2c3ccccc3C3(c4ccccc4-c4ccccc43)c3ccccc32)c1. The Morgan fingerprint density at radius 2 is 0.898 bits per heavy atom. The van der Waals surface area contributed by atoms with Gasteiger partial charge >= 0.3 is 0 Å². The minimum absolute atomic E-state index is 0.456. The van der Waals surface area contributed by atoms with Crippen molar-refractivity contribution in [3.05, 3.63) is 203 Å². The van der Waals surface area contributed by atoms with E-state index in [9.17, 15) is 0 Å². The third-order valence-corrected chi connectivity index (χ3v) is 10.4. The molecular formula is C45H26N4. The number of hydrogen-bond acceptors (Lipinski definition) is 1. The molecule has 0 bridgehead atoms. The number of para-hydroxylation sites is 2. The maximum absolute atomic E-state index is 7.64. The number of rotatable bonds is 2. The number of fused-ring (bicyclic) bond motifs is 12. The largest absolute Gasteiger partial charge is 0.310 e. The molecule has 0 amide bonds. The van der Waals surface area contributed by atoms with Gasteiger partial charge < -0.3 is 9.47 Å². The van der Waals surface area contributed by atoms with E-state index in [1.54, 1.807) is 0 Å². The van der Waals surface area contributed by atoms with Crippen LogP contribution in [0.2, 0.25) is 0 Å². The van der Waals surface area contributed by atoms with E-state index in [1.807, 2.05) is 36.4 Å². The van der Waals surface area contributed by atoms with Crippen molar-refractivity contribution in [3.8, 4) is 16.8 Å². The number of nitrogens with zero attached hydrogens (tertiary/aromatic N) is 4. The molecule has 1 aliphatic heterocycles. The van der Waals surface area contributed by atoms with Gasteiger partial charge in [0.25, 0.3) is 0 Å². The average Bonchev–Trinajstić information content (AvgIpc) is 3.65. The first-order valence-corrected chi connectivity index (χ1v) is 16.3. The van der Waals surface area contributed by atoms with Gasteiger partial charge in [-0.15, -0.1) is 0 Å². The molecule has 8 aromatic rings. The summed E-state index contributed by atoms with van der Waals surface area (Å²) < 4.78 is 2.25. The van der Waals surface area contributed by atoms with Crippen LogP contribution >= 0.6 is 0 Å². The third kappa shape index (κ3) is 3.55. The van der Waals surface area contributed by atoms with E-state index in [2.05, 4.69) is 140 Å². The predicted molar refractivity (Wildman–Crippen MR) is 199 cm³/mol. The van der Waals surface area contributed by atoms with Crippen LogP contribution in [-0.4, -0.2) is 4.57 Å². The summed E-state index contributed by atoms with van der Waals surface area (Å²) in [6.45, 7) is 15.3. The molecule has 1 aliphatic carbocycles. The van der Waals surface area contributed by atoms with Crippen molar-refractivity contribution in [3.63, 3.8) is 0 Å². The van der Waals surface area contributed by atoms with E-state index < -0.39 is 5.41 Å². The molecule has 1 spiro atoms. The van der Waals surface area contributed by atoms with Gasteiger partial charge in [-0.1, -0.05) is 103 Å². The molecule has 226 valence electrons. The van der Waals surface area contributed by atoms with Crippen molar-refractivity contribution in [2.45, 2.75) is 5.41 Å². The van der Waals surface area contributed by atoms with Crippen LogP contribution in [0.1, 0.15) is 22.3 Å². The lowest BCUT2D eigenvalue weighted by Gasteiger charge is -2.45. The molecular weight excluding hydrogens is 597 g/mol. The molecule has 0 fully saturated rings. The first-order chi connectivity index (χ1) is 24.2. The van der Waals surface area contributed by atoms with Crippen molar-refractivity contribution >= 4 is 50.2 Å². The van der Waals surface area contributed by atoms with Gasteiger partial charge in [-0.2, -0.15) is 0 Å². The molecule has 0 N–H and O–H groups in total. The molecule has 0 saturated carbocycles. The second-order valence-corrected chi connectivity index (χ2v) is 12.7. The molecule has 0 atom stereocenters. The Labute approximate surface area is 284 Å². The summed E-state index contributed by atoms with van der Waals surface area (Å²) >= 11 is 0. The fourth-order valence-corrected chi connectivity index (χ4v) is 8.53. The second-order valence-electron chi connectivity index (χ2n) is 12.7. The lowest BCUT2D eigenvalue weighted by Crippen LogP contribution is -2.36. The third-order valence-electron chi connectivity index (χ3n) is 10.4. The van der Waals surface area contributed by atoms with Crippen LogP contribution in [0.25, 0.3) is 48.3 Å². The zero-order valence-corrected chi connectivity index (χ0v) is 26.3. The molecule has 0 saturated heterocycles. The van der Waals surface area contributed by atoms with Gasteiger partial charge in [0.1, 0.15) is 0 Å². The maximum atomic E-state index is 7.64. The molecule has 49 heavy (non-hydrogen) atoms. The summed E-state index contributed by atoms with van der Waals surface area (Å²) in [6, 6.07) is 55.9. The topological polar surface area (TPSA) is 16.9 Å². The highest BCUT2D eigenvalue weighted by Gasteiger charge is 2.51. The average molecular weight is 623 g/mol. The zero-order chi connectivity index (χ0) is 32.7. The van der Waals surface area contributed by atoms with Crippen molar-refractivity contribution in [2.24, 2.45) is 0 Å². The van der Waals surface area contributed by atoms with Gasteiger partial charge in [-0.3, -0.25) is 0 Å². The van der Waals surface area contributed by atoms with E-state index in [0.29, 0.717) is 11.4 Å². The monoisotopic (exact) mass is 622 g/mol. The van der Waals surface area contributed by atoms with Gasteiger partial charge in [0.2, 0.25) is 0 Å². The summed E-state index contributed by atoms with van der Waals surface area (Å²) in [5, 5.41) is 1.93. The Morgan fingerprint density at radius 1 is 0.429 bits per heavy atom. The van der Waals surface area contributed by atoms with Gasteiger partial charge in [0, 0.05) is 11.4 Å². The molecule has 4 heteroatoms. The Morgan fingerprint density at radius 3 is 1.43 bits per heavy atom. The normalized spacial score (nSPS) is 13.4. The Balaban J connectivity index is 1.24. The quantitative estimate of drug-likeness (QED) is 0.175. The van der Waals surface area contributed by atoms with Crippen molar-refractivity contribution in [1.29, 1.82) is 0 Å². The molecule has 0 unspecified atom stereocenters. The first-order valence-electron chi connectivity index (χ1n) is 16.3. The lowest BCUT2D eigenvalue weighted by molar-refractivity contribution is 0.752. The van der Waals surface area contributed by atoms with Crippen LogP contribution in [0.15, 0.2) is 158 Å². The highest BCUT2D eigenvalue weighted by molar-refractivity contribution is 6.11. The minimum Gasteiger partial charge on any atom is -0.310 e. The fraction of sp³-hybridized carbons (Fsp3) is 0.0222. The van der Waals surface area contributed by atoms with E-state index in [4.69, 9.17) is 13.1 Å². The highest BCUT2D eigenvalue weighted by Crippen LogP contribution is 2.63. The van der Waals surface area contributed by atoms with E-state index in [0.717, 1.165) is 44.6 Å². The van der Waals surface area contributed by atoms with E-state index in [-0.39, 0.29) is 0 Å². The molecule has 7 aromatic carbocycles. The Bertz CT molecular complexity index is 2610. The smallest absolute Gasteiger partial charge is 0.188 e. The minimum atomic E-state index is -0.456. The molecule has 4 nitrogen and oxygen atoms in total. The highest BCUT2D eigenvalue weighted by atomic mass is 15.2.